The number of hydrogen-bond acceptors (Lipinski definition) is 2. The predicted molar refractivity (Wildman–Crippen MR) is 58.3 cm³/mol. The van der Waals surface area contributed by atoms with Crippen LogP contribution >= 0.6 is 0 Å². The molecule has 0 saturated carbocycles. The molecule has 0 N–H and O–H groups in total. The summed E-state index contributed by atoms with van der Waals surface area (Å²) in [6, 6.07) is 8.95. The van der Waals surface area contributed by atoms with Crippen LogP contribution in [0.25, 0.3) is 0 Å². The minimum Gasteiger partial charge on any atom is -0.379 e. The molecule has 0 bridgehead atoms. The summed E-state index contributed by atoms with van der Waals surface area (Å²) in [6.07, 6.45) is 0.716. The Morgan fingerprint density at radius 2 is 2.19 bits per heavy atom. The van der Waals surface area contributed by atoms with Crippen molar-refractivity contribution in [3.05, 3.63) is 35.6 Å². The molecule has 1 atom stereocenters. The summed E-state index contributed by atoms with van der Waals surface area (Å²) in [5.74, 6) is -0.419. The van der Waals surface area contributed by atoms with E-state index in [0.29, 0.717) is 25.2 Å². The van der Waals surface area contributed by atoms with Crippen molar-refractivity contribution in [3.63, 3.8) is 0 Å². The maximum Gasteiger partial charge on any atom is 0.127 e. The van der Waals surface area contributed by atoms with Crippen LogP contribution < -0.4 is 0 Å². The quantitative estimate of drug-likeness (QED) is 0.783. The molecule has 2 nitrogen and oxygen atoms in total. The van der Waals surface area contributed by atoms with Gasteiger partial charge in [0.2, 0.25) is 0 Å². The fraction of sp³-hybridized carbons (Fsp3) is 0.462. The predicted octanol–water partition coefficient (Wildman–Crippen LogP) is 2.64. The van der Waals surface area contributed by atoms with Gasteiger partial charge in [0.1, 0.15) is 5.82 Å². The van der Waals surface area contributed by atoms with Gasteiger partial charge in [0.25, 0.3) is 0 Å². The second-order valence-corrected chi connectivity index (χ2v) is 4.22. The Morgan fingerprint density at radius 1 is 1.50 bits per heavy atom. The minimum absolute atomic E-state index is 0.182. The van der Waals surface area contributed by atoms with Crippen molar-refractivity contribution < 1.29 is 9.13 Å². The smallest absolute Gasteiger partial charge is 0.127 e. The molecular formula is C13H14FNO. The summed E-state index contributed by atoms with van der Waals surface area (Å²) in [7, 11) is 0. The Labute approximate surface area is 94.7 Å². The van der Waals surface area contributed by atoms with Crippen molar-refractivity contribution in [1.82, 2.24) is 0 Å². The standard InChI is InChI=1S/C13H14FNO/c1-2-10(7-15)13(8-16-9-13)11-5-3-4-6-12(11)14/h3-6,10H,2,8-9H2,1H3. The topological polar surface area (TPSA) is 33.0 Å². The van der Waals surface area contributed by atoms with Gasteiger partial charge in [-0.15, -0.1) is 0 Å². The van der Waals surface area contributed by atoms with Gasteiger partial charge in [-0.25, -0.2) is 4.39 Å². The molecule has 3 heteroatoms. The number of halogens is 1. The highest BCUT2D eigenvalue weighted by Crippen LogP contribution is 2.41. The molecule has 1 unspecified atom stereocenters. The second-order valence-electron chi connectivity index (χ2n) is 4.22. The molecule has 1 aromatic carbocycles. The van der Waals surface area contributed by atoms with Crippen LogP contribution in [0.4, 0.5) is 4.39 Å². The lowest BCUT2D eigenvalue weighted by molar-refractivity contribution is -0.0820. The first-order valence-corrected chi connectivity index (χ1v) is 5.47. The summed E-state index contributed by atoms with van der Waals surface area (Å²) in [5, 5.41) is 9.15. The largest absolute Gasteiger partial charge is 0.379 e. The van der Waals surface area contributed by atoms with Gasteiger partial charge in [-0.1, -0.05) is 25.1 Å². The van der Waals surface area contributed by atoms with E-state index in [2.05, 4.69) is 6.07 Å². The van der Waals surface area contributed by atoms with Crippen LogP contribution in [0.1, 0.15) is 18.9 Å². The first-order valence-electron chi connectivity index (χ1n) is 5.47. The van der Waals surface area contributed by atoms with Crippen LogP contribution in [0.15, 0.2) is 24.3 Å². The zero-order valence-corrected chi connectivity index (χ0v) is 9.24. The Kier molecular flexibility index (Phi) is 2.93. The molecule has 1 saturated heterocycles. The Hall–Kier alpha value is -1.40. The Bertz CT molecular complexity index is 420. The van der Waals surface area contributed by atoms with Gasteiger partial charge in [-0.2, -0.15) is 5.26 Å². The fourth-order valence-electron chi connectivity index (χ4n) is 2.34. The van der Waals surface area contributed by atoms with E-state index in [-0.39, 0.29) is 11.7 Å². The third kappa shape index (κ3) is 1.50. The molecular weight excluding hydrogens is 205 g/mol. The number of benzene rings is 1. The van der Waals surface area contributed by atoms with Gasteiger partial charge >= 0.3 is 0 Å². The summed E-state index contributed by atoms with van der Waals surface area (Å²) in [4.78, 5) is 0. The van der Waals surface area contributed by atoms with Gasteiger partial charge in [0.05, 0.1) is 30.6 Å². The molecule has 1 fully saturated rings. The number of rotatable bonds is 3. The van der Waals surface area contributed by atoms with Crippen molar-refractivity contribution in [1.29, 1.82) is 5.26 Å². The molecule has 1 aliphatic heterocycles. The van der Waals surface area contributed by atoms with Gasteiger partial charge in [-0.3, -0.25) is 0 Å². The third-order valence-electron chi connectivity index (χ3n) is 3.36. The second kappa shape index (κ2) is 4.23. The van der Waals surface area contributed by atoms with E-state index in [1.165, 1.54) is 6.07 Å². The first kappa shape index (κ1) is 11.1. The molecule has 0 spiro atoms. The number of hydrogen-bond donors (Lipinski definition) is 0. The summed E-state index contributed by atoms with van der Waals surface area (Å²) in [6.45, 7) is 2.84. The molecule has 1 heterocycles. The van der Waals surface area contributed by atoms with Crippen molar-refractivity contribution >= 4 is 0 Å². The fourth-order valence-corrected chi connectivity index (χ4v) is 2.34. The molecule has 0 aliphatic carbocycles. The van der Waals surface area contributed by atoms with Gasteiger partial charge < -0.3 is 4.74 Å². The zero-order chi connectivity index (χ0) is 11.6. The van der Waals surface area contributed by atoms with Crippen LogP contribution in [0.5, 0.6) is 0 Å². The van der Waals surface area contributed by atoms with Crippen LogP contribution in [0.3, 0.4) is 0 Å². The molecule has 84 valence electrons. The zero-order valence-electron chi connectivity index (χ0n) is 9.24. The van der Waals surface area contributed by atoms with Gasteiger partial charge in [0.15, 0.2) is 0 Å². The average Bonchev–Trinajstić information content (AvgIpc) is 2.25. The normalized spacial score (nSPS) is 19.6. The minimum atomic E-state index is -0.436. The van der Waals surface area contributed by atoms with Crippen LogP contribution in [0, 0.1) is 23.1 Å². The summed E-state index contributed by atoms with van der Waals surface area (Å²) < 4.78 is 19.0. The molecule has 0 radical (unpaired) electrons. The molecule has 2 rings (SSSR count). The van der Waals surface area contributed by atoms with Crippen LogP contribution in [-0.2, 0) is 10.2 Å². The summed E-state index contributed by atoms with van der Waals surface area (Å²) >= 11 is 0. The van der Waals surface area contributed by atoms with Crippen LogP contribution in [0.2, 0.25) is 0 Å². The van der Waals surface area contributed by atoms with Gasteiger partial charge in [-0.05, 0) is 18.1 Å². The molecule has 0 aromatic heterocycles. The van der Waals surface area contributed by atoms with Gasteiger partial charge in [0, 0.05) is 0 Å². The SMILES string of the molecule is CCC(C#N)C1(c2ccccc2F)COC1. The van der Waals surface area contributed by atoms with E-state index in [0.717, 1.165) is 0 Å². The number of nitrogens with zero attached hydrogens (tertiary/aromatic N) is 1. The monoisotopic (exact) mass is 219 g/mol. The van der Waals surface area contributed by atoms with Crippen molar-refractivity contribution in [2.75, 3.05) is 13.2 Å². The lowest BCUT2D eigenvalue weighted by Gasteiger charge is -2.44. The summed E-state index contributed by atoms with van der Waals surface area (Å²) in [5.41, 5.74) is 0.184. The first-order chi connectivity index (χ1) is 7.74. The Balaban J connectivity index is 2.43. The number of nitriles is 1. The molecule has 1 aliphatic rings. The van der Waals surface area contributed by atoms with E-state index in [1.807, 2.05) is 13.0 Å². The lowest BCUT2D eigenvalue weighted by Crippen LogP contribution is -2.52. The molecule has 1 aromatic rings. The maximum absolute atomic E-state index is 13.8. The van der Waals surface area contributed by atoms with E-state index in [9.17, 15) is 4.39 Å². The number of ether oxygens (including phenoxy) is 1. The maximum atomic E-state index is 13.8. The van der Waals surface area contributed by atoms with Crippen LogP contribution in [-0.4, -0.2) is 13.2 Å². The van der Waals surface area contributed by atoms with E-state index in [4.69, 9.17) is 10.00 Å². The van der Waals surface area contributed by atoms with Crippen molar-refractivity contribution in [3.8, 4) is 6.07 Å². The lowest BCUT2D eigenvalue weighted by atomic mass is 9.68. The average molecular weight is 219 g/mol. The molecule has 16 heavy (non-hydrogen) atoms. The highest BCUT2D eigenvalue weighted by atomic mass is 19.1. The Morgan fingerprint density at radius 3 is 2.62 bits per heavy atom. The van der Waals surface area contributed by atoms with Crippen molar-refractivity contribution in [2.24, 2.45) is 5.92 Å². The molecule has 0 amide bonds. The highest BCUT2D eigenvalue weighted by molar-refractivity contribution is 5.32. The van der Waals surface area contributed by atoms with E-state index < -0.39 is 5.41 Å². The van der Waals surface area contributed by atoms with E-state index in [1.54, 1.807) is 12.1 Å². The highest BCUT2D eigenvalue weighted by Gasteiger charge is 2.48. The van der Waals surface area contributed by atoms with E-state index >= 15 is 0 Å². The third-order valence-corrected chi connectivity index (χ3v) is 3.36. The van der Waals surface area contributed by atoms with Crippen molar-refractivity contribution in [2.45, 2.75) is 18.8 Å².